The lowest BCUT2D eigenvalue weighted by Gasteiger charge is -2.13. The molecular weight excluding hydrogens is 400 g/mol. The Kier molecular flexibility index (Phi) is 6.54. The number of aromatic nitrogens is 2. The van der Waals surface area contributed by atoms with Crippen LogP contribution in [0.2, 0.25) is 0 Å². The summed E-state index contributed by atoms with van der Waals surface area (Å²) in [4.78, 5) is 37.8. The molecule has 2 aromatic heterocycles. The second-order valence-corrected chi connectivity index (χ2v) is 7.01. The monoisotopic (exact) mass is 424 g/mol. The summed E-state index contributed by atoms with van der Waals surface area (Å²) in [7, 11) is 3.26. The van der Waals surface area contributed by atoms with Crippen LogP contribution in [0.15, 0.2) is 47.0 Å². The van der Waals surface area contributed by atoms with Crippen molar-refractivity contribution >= 4 is 23.3 Å². The average Bonchev–Trinajstić information content (AvgIpc) is 3.38. The second-order valence-electron chi connectivity index (χ2n) is 7.01. The molecule has 0 saturated heterocycles. The molecule has 162 valence electrons. The first-order valence-corrected chi connectivity index (χ1v) is 9.71. The summed E-state index contributed by atoms with van der Waals surface area (Å²) in [6.45, 7) is 3.96. The minimum absolute atomic E-state index is 0.0202. The number of rotatable bonds is 8. The lowest BCUT2D eigenvalue weighted by molar-refractivity contribution is 0.0816. The number of carbonyl (C=O) groups excluding carboxylic acids is 3. The maximum absolute atomic E-state index is 12.6. The van der Waals surface area contributed by atoms with Gasteiger partial charge in [-0.3, -0.25) is 19.1 Å². The predicted octanol–water partition coefficient (Wildman–Crippen LogP) is 3.23. The zero-order chi connectivity index (χ0) is 22.5. The van der Waals surface area contributed by atoms with E-state index in [0.29, 0.717) is 35.0 Å². The van der Waals surface area contributed by atoms with E-state index in [1.165, 1.54) is 28.8 Å². The molecule has 0 fully saturated rings. The molecule has 31 heavy (non-hydrogen) atoms. The van der Waals surface area contributed by atoms with E-state index in [2.05, 4.69) is 10.4 Å². The van der Waals surface area contributed by atoms with E-state index >= 15 is 0 Å². The molecule has 3 rings (SSSR count). The molecular formula is C22H24N4O5. The molecule has 3 aromatic rings. The Hall–Kier alpha value is -3.88. The summed E-state index contributed by atoms with van der Waals surface area (Å²) in [6, 6.07) is 9.93. The molecule has 0 aliphatic rings. The highest BCUT2D eigenvalue weighted by atomic mass is 16.5. The Morgan fingerprint density at radius 3 is 2.45 bits per heavy atom. The fourth-order valence-corrected chi connectivity index (χ4v) is 2.86. The number of ether oxygens (including phenoxy) is 1. The van der Waals surface area contributed by atoms with Crippen molar-refractivity contribution in [2.24, 2.45) is 0 Å². The number of ketones is 1. The molecule has 0 saturated carbocycles. The summed E-state index contributed by atoms with van der Waals surface area (Å²) in [5.41, 5.74) is 1.21. The topological polar surface area (TPSA) is 107 Å². The van der Waals surface area contributed by atoms with Crippen LogP contribution in [-0.4, -0.2) is 46.4 Å². The Morgan fingerprint density at radius 1 is 1.13 bits per heavy atom. The second kappa shape index (κ2) is 9.29. The van der Waals surface area contributed by atoms with Gasteiger partial charge in [-0.1, -0.05) is 0 Å². The van der Waals surface area contributed by atoms with Crippen molar-refractivity contribution in [3.8, 4) is 5.75 Å². The van der Waals surface area contributed by atoms with Gasteiger partial charge in [-0.15, -0.1) is 0 Å². The van der Waals surface area contributed by atoms with Gasteiger partial charge >= 0.3 is 0 Å². The Balaban J connectivity index is 1.66. The molecule has 0 aliphatic carbocycles. The van der Waals surface area contributed by atoms with Crippen molar-refractivity contribution in [3.05, 3.63) is 65.4 Å². The zero-order valence-electron chi connectivity index (χ0n) is 17.8. The van der Waals surface area contributed by atoms with Crippen molar-refractivity contribution in [3.63, 3.8) is 0 Å². The highest BCUT2D eigenvalue weighted by molar-refractivity contribution is 6.07. The van der Waals surface area contributed by atoms with E-state index < -0.39 is 5.91 Å². The lowest BCUT2D eigenvalue weighted by Crippen LogP contribution is -2.26. The number of Topliss-reactive ketones (excluding diaryl/α,β-unsaturated/α-hetero) is 1. The molecule has 0 atom stereocenters. The first-order chi connectivity index (χ1) is 14.8. The highest BCUT2D eigenvalue weighted by Crippen LogP contribution is 2.20. The van der Waals surface area contributed by atoms with Crippen LogP contribution in [0.4, 0.5) is 5.69 Å². The van der Waals surface area contributed by atoms with Crippen LogP contribution in [-0.2, 0) is 13.2 Å². The Morgan fingerprint density at radius 2 is 1.84 bits per heavy atom. The number of hydrogen-bond acceptors (Lipinski definition) is 6. The minimum Gasteiger partial charge on any atom is -0.486 e. The third-order valence-corrected chi connectivity index (χ3v) is 4.52. The minimum atomic E-state index is -0.500. The summed E-state index contributed by atoms with van der Waals surface area (Å²) in [5.74, 6) is 0.326. The van der Waals surface area contributed by atoms with Gasteiger partial charge in [0.2, 0.25) is 0 Å². The first-order valence-electron chi connectivity index (χ1n) is 9.71. The van der Waals surface area contributed by atoms with Crippen molar-refractivity contribution in [1.29, 1.82) is 0 Å². The molecule has 0 bridgehead atoms. The van der Waals surface area contributed by atoms with Crippen molar-refractivity contribution in [1.82, 2.24) is 14.7 Å². The van der Waals surface area contributed by atoms with Crippen LogP contribution < -0.4 is 10.1 Å². The van der Waals surface area contributed by atoms with E-state index in [1.54, 1.807) is 44.4 Å². The largest absolute Gasteiger partial charge is 0.486 e. The SMILES string of the molecule is CCn1ncc(NC(=O)c2ccc(COc3ccc(C(C)=O)cc3)o2)c1C(=O)N(C)C. The number of benzene rings is 1. The van der Waals surface area contributed by atoms with E-state index in [1.807, 2.05) is 6.92 Å². The van der Waals surface area contributed by atoms with Crippen LogP contribution in [0, 0.1) is 0 Å². The summed E-state index contributed by atoms with van der Waals surface area (Å²) >= 11 is 0. The molecule has 2 heterocycles. The van der Waals surface area contributed by atoms with Gasteiger partial charge in [0.25, 0.3) is 11.8 Å². The van der Waals surface area contributed by atoms with E-state index in [9.17, 15) is 14.4 Å². The van der Waals surface area contributed by atoms with Crippen molar-refractivity contribution in [2.45, 2.75) is 27.0 Å². The van der Waals surface area contributed by atoms with E-state index in [4.69, 9.17) is 9.15 Å². The number of nitrogens with one attached hydrogen (secondary N) is 1. The number of carbonyl (C=O) groups is 3. The number of nitrogens with zero attached hydrogens (tertiary/aromatic N) is 3. The Labute approximate surface area is 179 Å². The molecule has 0 spiro atoms. The number of hydrogen-bond donors (Lipinski definition) is 1. The van der Waals surface area contributed by atoms with Crippen LogP contribution in [0.25, 0.3) is 0 Å². The normalized spacial score (nSPS) is 10.6. The maximum atomic E-state index is 12.6. The van der Waals surface area contributed by atoms with Crippen LogP contribution in [0.5, 0.6) is 5.75 Å². The molecule has 0 aliphatic heterocycles. The number of aryl methyl sites for hydroxylation is 1. The molecule has 2 amide bonds. The van der Waals surface area contributed by atoms with Gasteiger partial charge in [-0.25, -0.2) is 0 Å². The fourth-order valence-electron chi connectivity index (χ4n) is 2.86. The van der Waals surface area contributed by atoms with Gasteiger partial charge in [-0.05, 0) is 50.2 Å². The Bertz CT molecular complexity index is 1100. The predicted molar refractivity (Wildman–Crippen MR) is 113 cm³/mol. The molecule has 1 aromatic carbocycles. The number of furan rings is 1. The van der Waals surface area contributed by atoms with Crippen LogP contribution in [0.1, 0.15) is 51.0 Å². The van der Waals surface area contributed by atoms with Gasteiger partial charge in [0, 0.05) is 26.2 Å². The lowest BCUT2D eigenvalue weighted by atomic mass is 10.1. The van der Waals surface area contributed by atoms with Crippen molar-refractivity contribution < 1.29 is 23.5 Å². The van der Waals surface area contributed by atoms with Crippen LogP contribution >= 0.6 is 0 Å². The molecule has 9 heteroatoms. The quantitative estimate of drug-likeness (QED) is 0.557. The van der Waals surface area contributed by atoms with Crippen LogP contribution in [0.3, 0.4) is 0 Å². The first kappa shape index (κ1) is 21.8. The van der Waals surface area contributed by atoms with Gasteiger partial charge in [0.1, 0.15) is 23.8 Å². The summed E-state index contributed by atoms with van der Waals surface area (Å²) in [5, 5.41) is 6.84. The highest BCUT2D eigenvalue weighted by Gasteiger charge is 2.22. The molecule has 1 N–H and O–H groups in total. The maximum Gasteiger partial charge on any atom is 0.291 e. The number of amides is 2. The van der Waals surface area contributed by atoms with Gasteiger partial charge in [0.15, 0.2) is 11.5 Å². The summed E-state index contributed by atoms with van der Waals surface area (Å²) < 4.78 is 12.7. The average molecular weight is 424 g/mol. The zero-order valence-corrected chi connectivity index (χ0v) is 17.8. The summed E-state index contributed by atoms with van der Waals surface area (Å²) in [6.07, 6.45) is 1.44. The molecule has 9 nitrogen and oxygen atoms in total. The third-order valence-electron chi connectivity index (χ3n) is 4.52. The van der Waals surface area contributed by atoms with Gasteiger partial charge in [0.05, 0.1) is 11.9 Å². The van der Waals surface area contributed by atoms with Crippen molar-refractivity contribution in [2.75, 3.05) is 19.4 Å². The number of anilines is 1. The fraction of sp³-hybridized carbons (Fsp3) is 0.273. The third kappa shape index (κ3) is 5.00. The van der Waals surface area contributed by atoms with Gasteiger partial charge < -0.3 is 19.4 Å². The standard InChI is InChI=1S/C22H24N4O5/c1-5-26-20(22(29)25(3)4)18(12-23-26)24-21(28)19-11-10-17(31-19)13-30-16-8-6-15(7-9-16)14(2)27/h6-12H,5,13H2,1-4H3,(H,24,28). The van der Waals surface area contributed by atoms with E-state index in [0.717, 1.165) is 0 Å². The smallest absolute Gasteiger partial charge is 0.291 e. The molecule has 0 unspecified atom stereocenters. The molecule has 0 radical (unpaired) electrons. The van der Waals surface area contributed by atoms with Gasteiger partial charge in [-0.2, -0.15) is 5.10 Å². The van der Waals surface area contributed by atoms with E-state index in [-0.39, 0.29) is 24.1 Å².